The van der Waals surface area contributed by atoms with E-state index in [1.54, 1.807) is 0 Å². The van der Waals surface area contributed by atoms with Crippen LogP contribution in [0.25, 0.3) is 22.3 Å². The lowest BCUT2D eigenvalue weighted by Gasteiger charge is -2.16. The highest BCUT2D eigenvalue weighted by atomic mass is 14.9. The maximum absolute atomic E-state index is 3.56. The predicted octanol–water partition coefficient (Wildman–Crippen LogP) is 7.56. The zero-order valence-corrected chi connectivity index (χ0v) is 17.4. The SMILES string of the molecule is Cc1cccc(-c2ccc(C)c(-c3cc(C)ccc3CNc3ccccc3)c2)c1. The lowest BCUT2D eigenvalue weighted by molar-refractivity contribution is 1.15. The second-order valence-corrected chi connectivity index (χ2v) is 7.78. The molecule has 0 saturated carbocycles. The molecule has 0 saturated heterocycles. The van der Waals surface area contributed by atoms with Crippen LogP contribution in [0.2, 0.25) is 0 Å². The molecule has 1 heteroatoms. The van der Waals surface area contributed by atoms with Gasteiger partial charge in [-0.15, -0.1) is 0 Å². The molecule has 144 valence electrons. The lowest BCUT2D eigenvalue weighted by Crippen LogP contribution is -2.02. The second kappa shape index (κ2) is 8.36. The number of benzene rings is 4. The maximum atomic E-state index is 3.56. The van der Waals surface area contributed by atoms with Crippen molar-refractivity contribution < 1.29 is 0 Å². The zero-order valence-electron chi connectivity index (χ0n) is 17.4. The van der Waals surface area contributed by atoms with Gasteiger partial charge in [0.25, 0.3) is 0 Å². The summed E-state index contributed by atoms with van der Waals surface area (Å²) in [6.45, 7) is 7.31. The van der Waals surface area contributed by atoms with Crippen molar-refractivity contribution >= 4 is 5.69 Å². The molecule has 0 aliphatic heterocycles. The van der Waals surface area contributed by atoms with Gasteiger partial charge in [-0.1, -0.05) is 83.9 Å². The molecule has 1 N–H and O–H groups in total. The molecular weight excluding hydrogens is 350 g/mol. The molecule has 29 heavy (non-hydrogen) atoms. The van der Waals surface area contributed by atoms with Crippen LogP contribution >= 0.6 is 0 Å². The second-order valence-electron chi connectivity index (χ2n) is 7.78. The molecule has 0 radical (unpaired) electrons. The van der Waals surface area contributed by atoms with Crippen LogP contribution in [0.15, 0.2) is 91.0 Å². The van der Waals surface area contributed by atoms with Crippen LogP contribution in [0.3, 0.4) is 0 Å². The van der Waals surface area contributed by atoms with Gasteiger partial charge in [-0.25, -0.2) is 0 Å². The molecule has 0 amide bonds. The van der Waals surface area contributed by atoms with Gasteiger partial charge in [-0.05, 0) is 72.4 Å². The summed E-state index contributed by atoms with van der Waals surface area (Å²) in [6, 6.07) is 32.7. The van der Waals surface area contributed by atoms with E-state index >= 15 is 0 Å². The van der Waals surface area contributed by atoms with Gasteiger partial charge in [0.15, 0.2) is 0 Å². The Morgan fingerprint density at radius 3 is 2.14 bits per heavy atom. The number of anilines is 1. The Hall–Kier alpha value is -3.32. The Bertz CT molecular complexity index is 1130. The topological polar surface area (TPSA) is 12.0 Å². The quantitative estimate of drug-likeness (QED) is 0.378. The third kappa shape index (κ3) is 4.41. The first-order chi connectivity index (χ1) is 14.1. The number of hydrogen-bond donors (Lipinski definition) is 1. The Labute approximate surface area is 174 Å². The fourth-order valence-corrected chi connectivity index (χ4v) is 3.76. The Balaban J connectivity index is 1.74. The van der Waals surface area contributed by atoms with Gasteiger partial charge in [0.2, 0.25) is 0 Å². The molecule has 0 aliphatic rings. The summed E-state index contributed by atoms with van der Waals surface area (Å²) < 4.78 is 0. The average molecular weight is 378 g/mol. The molecule has 1 nitrogen and oxygen atoms in total. The van der Waals surface area contributed by atoms with Crippen molar-refractivity contribution in [3.63, 3.8) is 0 Å². The monoisotopic (exact) mass is 377 g/mol. The van der Waals surface area contributed by atoms with E-state index in [0.717, 1.165) is 12.2 Å². The molecule has 0 unspecified atom stereocenters. The van der Waals surface area contributed by atoms with Gasteiger partial charge >= 0.3 is 0 Å². The fourth-order valence-electron chi connectivity index (χ4n) is 3.76. The Morgan fingerprint density at radius 2 is 1.34 bits per heavy atom. The van der Waals surface area contributed by atoms with Crippen LogP contribution in [0, 0.1) is 20.8 Å². The molecule has 0 aliphatic carbocycles. The normalized spacial score (nSPS) is 10.7. The predicted molar refractivity (Wildman–Crippen MR) is 125 cm³/mol. The molecular formula is C28H27N. The molecule has 0 atom stereocenters. The molecule has 0 spiro atoms. The summed E-state index contributed by atoms with van der Waals surface area (Å²) in [5.74, 6) is 0. The Morgan fingerprint density at radius 1 is 0.586 bits per heavy atom. The van der Waals surface area contributed by atoms with Crippen LogP contribution in [0.5, 0.6) is 0 Å². The van der Waals surface area contributed by atoms with E-state index in [-0.39, 0.29) is 0 Å². The van der Waals surface area contributed by atoms with Gasteiger partial charge in [0.1, 0.15) is 0 Å². The highest BCUT2D eigenvalue weighted by Gasteiger charge is 2.10. The first-order valence-electron chi connectivity index (χ1n) is 10.2. The Kier molecular flexibility index (Phi) is 5.48. The van der Waals surface area contributed by atoms with Crippen molar-refractivity contribution in [3.05, 3.63) is 113 Å². The van der Waals surface area contributed by atoms with Gasteiger partial charge in [-0.2, -0.15) is 0 Å². The molecule has 4 rings (SSSR count). The highest BCUT2D eigenvalue weighted by molar-refractivity contribution is 5.78. The van der Waals surface area contributed by atoms with Crippen LogP contribution in [0.4, 0.5) is 5.69 Å². The van der Waals surface area contributed by atoms with Crippen LogP contribution < -0.4 is 5.32 Å². The van der Waals surface area contributed by atoms with Gasteiger partial charge in [0, 0.05) is 12.2 Å². The fraction of sp³-hybridized carbons (Fsp3) is 0.143. The van der Waals surface area contributed by atoms with E-state index in [2.05, 4.69) is 111 Å². The first kappa shape index (κ1) is 19.0. The molecule has 0 aromatic heterocycles. The van der Waals surface area contributed by atoms with E-state index in [0.29, 0.717) is 0 Å². The van der Waals surface area contributed by atoms with Gasteiger partial charge in [0.05, 0.1) is 0 Å². The van der Waals surface area contributed by atoms with Crippen molar-refractivity contribution in [1.82, 2.24) is 0 Å². The van der Waals surface area contributed by atoms with Crippen molar-refractivity contribution in [2.45, 2.75) is 27.3 Å². The number of aryl methyl sites for hydroxylation is 3. The minimum Gasteiger partial charge on any atom is -0.381 e. The molecule has 4 aromatic rings. The number of para-hydroxylation sites is 1. The third-order valence-electron chi connectivity index (χ3n) is 5.40. The smallest absolute Gasteiger partial charge is 0.0406 e. The third-order valence-corrected chi connectivity index (χ3v) is 5.40. The molecule has 4 aromatic carbocycles. The van der Waals surface area contributed by atoms with Crippen molar-refractivity contribution in [3.8, 4) is 22.3 Å². The summed E-state index contributed by atoms with van der Waals surface area (Å²) in [5.41, 5.74) is 11.5. The maximum Gasteiger partial charge on any atom is 0.0406 e. The largest absolute Gasteiger partial charge is 0.381 e. The van der Waals surface area contributed by atoms with E-state index in [9.17, 15) is 0 Å². The van der Waals surface area contributed by atoms with E-state index < -0.39 is 0 Å². The van der Waals surface area contributed by atoms with Crippen molar-refractivity contribution in [1.29, 1.82) is 0 Å². The van der Waals surface area contributed by atoms with Crippen LogP contribution in [-0.2, 0) is 6.54 Å². The van der Waals surface area contributed by atoms with E-state index in [4.69, 9.17) is 0 Å². The zero-order chi connectivity index (χ0) is 20.2. The van der Waals surface area contributed by atoms with Crippen LogP contribution in [-0.4, -0.2) is 0 Å². The average Bonchev–Trinajstić information content (AvgIpc) is 2.74. The number of hydrogen-bond acceptors (Lipinski definition) is 1. The minimum atomic E-state index is 0.799. The molecule has 0 bridgehead atoms. The van der Waals surface area contributed by atoms with Crippen molar-refractivity contribution in [2.24, 2.45) is 0 Å². The standard InChI is InChI=1S/C28H27N/c1-20-8-7-9-23(16-20)24-15-13-22(3)27(18-24)28-17-21(2)12-14-25(28)19-29-26-10-5-4-6-11-26/h4-18,29H,19H2,1-3H3. The minimum absolute atomic E-state index is 0.799. The molecule has 0 fully saturated rings. The molecule has 0 heterocycles. The summed E-state index contributed by atoms with van der Waals surface area (Å²) in [7, 11) is 0. The highest BCUT2D eigenvalue weighted by Crippen LogP contribution is 2.33. The summed E-state index contributed by atoms with van der Waals surface area (Å²) in [6.07, 6.45) is 0. The van der Waals surface area contributed by atoms with E-state index in [1.807, 2.05) is 6.07 Å². The van der Waals surface area contributed by atoms with Crippen molar-refractivity contribution in [2.75, 3.05) is 5.32 Å². The van der Waals surface area contributed by atoms with Gasteiger partial charge < -0.3 is 5.32 Å². The summed E-state index contributed by atoms with van der Waals surface area (Å²) >= 11 is 0. The number of rotatable bonds is 5. The lowest BCUT2D eigenvalue weighted by atomic mass is 9.91. The summed E-state index contributed by atoms with van der Waals surface area (Å²) in [4.78, 5) is 0. The van der Waals surface area contributed by atoms with Gasteiger partial charge in [-0.3, -0.25) is 0 Å². The number of nitrogens with one attached hydrogen (secondary N) is 1. The van der Waals surface area contributed by atoms with E-state index in [1.165, 1.54) is 44.5 Å². The summed E-state index contributed by atoms with van der Waals surface area (Å²) in [5, 5.41) is 3.56. The first-order valence-corrected chi connectivity index (χ1v) is 10.2. The van der Waals surface area contributed by atoms with Crippen LogP contribution in [0.1, 0.15) is 22.3 Å².